The fraction of sp³-hybridized carbons (Fsp3) is 0.500. The van der Waals surface area contributed by atoms with Gasteiger partial charge in [0.25, 0.3) is 0 Å². The smallest absolute Gasteiger partial charge is 0.118 e. The van der Waals surface area contributed by atoms with Crippen molar-refractivity contribution in [1.82, 2.24) is 5.32 Å². The Balaban J connectivity index is 2.60. The van der Waals surface area contributed by atoms with Crippen molar-refractivity contribution in [2.24, 2.45) is 5.73 Å². The number of nitrogens with one attached hydrogen (secondary N) is 1. The highest BCUT2D eigenvalue weighted by Crippen LogP contribution is 2.20. The molecule has 0 spiro atoms. The molecule has 0 aromatic heterocycles. The molecule has 0 saturated heterocycles. The van der Waals surface area contributed by atoms with Crippen molar-refractivity contribution in [1.29, 1.82) is 0 Å². The molecule has 0 bridgehead atoms. The van der Waals surface area contributed by atoms with Crippen LogP contribution in [0.25, 0.3) is 0 Å². The zero-order valence-corrected chi connectivity index (χ0v) is 9.81. The number of aliphatic hydroxyl groups is 1. The second-order valence-corrected chi connectivity index (χ2v) is 3.77. The van der Waals surface area contributed by atoms with Crippen molar-refractivity contribution in [3.8, 4) is 5.75 Å². The summed E-state index contributed by atoms with van der Waals surface area (Å²) in [5.41, 5.74) is 6.71. The lowest BCUT2D eigenvalue weighted by Gasteiger charge is -2.19. The van der Waals surface area contributed by atoms with Gasteiger partial charge in [0.1, 0.15) is 5.75 Å². The van der Waals surface area contributed by atoms with Crippen molar-refractivity contribution in [2.75, 3.05) is 20.7 Å². The van der Waals surface area contributed by atoms with Crippen molar-refractivity contribution in [3.05, 3.63) is 29.8 Å². The van der Waals surface area contributed by atoms with Gasteiger partial charge in [0.15, 0.2) is 0 Å². The van der Waals surface area contributed by atoms with Crippen LogP contribution < -0.4 is 15.8 Å². The molecule has 0 heterocycles. The lowest BCUT2D eigenvalue weighted by atomic mass is 10.0. The summed E-state index contributed by atoms with van der Waals surface area (Å²) >= 11 is 0. The molecule has 1 aromatic rings. The maximum Gasteiger partial charge on any atom is 0.118 e. The summed E-state index contributed by atoms with van der Waals surface area (Å²) in [6.45, 7) is 0.800. The van der Waals surface area contributed by atoms with Crippen LogP contribution in [0.5, 0.6) is 5.75 Å². The van der Waals surface area contributed by atoms with Gasteiger partial charge in [-0.1, -0.05) is 12.1 Å². The van der Waals surface area contributed by atoms with Crippen LogP contribution in [0.3, 0.4) is 0 Å². The van der Waals surface area contributed by atoms with Gasteiger partial charge in [-0.2, -0.15) is 0 Å². The number of methoxy groups -OCH3 is 1. The van der Waals surface area contributed by atoms with E-state index in [2.05, 4.69) is 5.32 Å². The first-order valence-corrected chi connectivity index (χ1v) is 5.41. The first-order chi connectivity index (χ1) is 7.69. The molecule has 0 amide bonds. The lowest BCUT2D eigenvalue weighted by Crippen LogP contribution is -2.31. The van der Waals surface area contributed by atoms with E-state index in [1.165, 1.54) is 0 Å². The van der Waals surface area contributed by atoms with E-state index in [1.54, 1.807) is 7.11 Å². The van der Waals surface area contributed by atoms with Crippen LogP contribution in [0, 0.1) is 0 Å². The highest BCUT2D eigenvalue weighted by molar-refractivity contribution is 5.29. The summed E-state index contributed by atoms with van der Waals surface area (Å²) < 4.78 is 5.05. The Hall–Kier alpha value is -1.10. The van der Waals surface area contributed by atoms with Crippen molar-refractivity contribution >= 4 is 0 Å². The van der Waals surface area contributed by atoms with Gasteiger partial charge in [0.05, 0.1) is 13.2 Å². The minimum atomic E-state index is -0.626. The van der Waals surface area contributed by atoms with Gasteiger partial charge in [-0.05, 0) is 37.7 Å². The van der Waals surface area contributed by atoms with E-state index in [1.807, 2.05) is 31.3 Å². The van der Waals surface area contributed by atoms with E-state index in [4.69, 9.17) is 10.5 Å². The number of nitrogens with two attached hydrogens (primary N) is 1. The Bertz CT molecular complexity index is 300. The van der Waals surface area contributed by atoms with E-state index in [9.17, 15) is 5.11 Å². The Morgan fingerprint density at radius 3 is 2.50 bits per heavy atom. The molecule has 0 fully saturated rings. The summed E-state index contributed by atoms with van der Waals surface area (Å²) in [5, 5.41) is 13.0. The van der Waals surface area contributed by atoms with Gasteiger partial charge in [-0.15, -0.1) is 0 Å². The second kappa shape index (κ2) is 6.48. The third kappa shape index (κ3) is 3.48. The standard InChI is InChI=1S/C12H20N2O2/c1-14-8-7-11(13)12(15)9-3-5-10(16-2)6-4-9/h3-6,11-12,14-15H,7-8,13H2,1-2H3. The third-order valence-corrected chi connectivity index (χ3v) is 2.59. The van der Waals surface area contributed by atoms with Crippen LogP contribution in [0.15, 0.2) is 24.3 Å². The fourth-order valence-corrected chi connectivity index (χ4v) is 1.52. The molecule has 16 heavy (non-hydrogen) atoms. The summed E-state index contributed by atoms with van der Waals surface area (Å²) in [4.78, 5) is 0. The summed E-state index contributed by atoms with van der Waals surface area (Å²) in [6, 6.07) is 7.07. The first kappa shape index (κ1) is 13.0. The summed E-state index contributed by atoms with van der Waals surface area (Å²) in [7, 11) is 3.48. The molecule has 90 valence electrons. The van der Waals surface area contributed by atoms with Gasteiger partial charge in [0, 0.05) is 6.04 Å². The van der Waals surface area contributed by atoms with Crippen molar-refractivity contribution < 1.29 is 9.84 Å². The SMILES string of the molecule is CNCCC(N)C(O)c1ccc(OC)cc1. The quantitative estimate of drug-likeness (QED) is 0.664. The van der Waals surface area contributed by atoms with E-state index >= 15 is 0 Å². The van der Waals surface area contributed by atoms with Crippen LogP contribution >= 0.6 is 0 Å². The summed E-state index contributed by atoms with van der Waals surface area (Å²) in [5.74, 6) is 0.778. The maximum atomic E-state index is 9.99. The van der Waals surface area contributed by atoms with Crippen LogP contribution in [0.1, 0.15) is 18.1 Å². The minimum absolute atomic E-state index is 0.249. The number of rotatable bonds is 6. The Labute approximate surface area is 96.4 Å². The molecule has 0 aliphatic heterocycles. The largest absolute Gasteiger partial charge is 0.497 e. The van der Waals surface area contributed by atoms with Crippen LogP contribution in [0.2, 0.25) is 0 Å². The topological polar surface area (TPSA) is 67.5 Å². The average Bonchev–Trinajstić information content (AvgIpc) is 2.35. The van der Waals surface area contributed by atoms with Crippen molar-refractivity contribution in [3.63, 3.8) is 0 Å². The van der Waals surface area contributed by atoms with Gasteiger partial charge < -0.3 is 20.9 Å². The molecule has 2 atom stereocenters. The van der Waals surface area contributed by atoms with E-state index in [0.717, 1.165) is 24.3 Å². The number of ether oxygens (including phenoxy) is 1. The Kier molecular flexibility index (Phi) is 5.25. The van der Waals surface area contributed by atoms with Crippen molar-refractivity contribution in [2.45, 2.75) is 18.6 Å². The molecular formula is C12H20N2O2. The molecular weight excluding hydrogens is 204 g/mol. The molecule has 1 aromatic carbocycles. The molecule has 2 unspecified atom stereocenters. The van der Waals surface area contributed by atoms with Crippen LogP contribution in [-0.2, 0) is 0 Å². The predicted molar refractivity (Wildman–Crippen MR) is 64.5 cm³/mol. The second-order valence-electron chi connectivity index (χ2n) is 3.77. The fourth-order valence-electron chi connectivity index (χ4n) is 1.52. The van der Waals surface area contributed by atoms with Gasteiger partial charge in [-0.25, -0.2) is 0 Å². The molecule has 1 rings (SSSR count). The summed E-state index contributed by atoms with van der Waals surface area (Å²) in [6.07, 6.45) is 0.114. The van der Waals surface area contributed by atoms with Gasteiger partial charge in [0.2, 0.25) is 0 Å². The lowest BCUT2D eigenvalue weighted by molar-refractivity contribution is 0.142. The Morgan fingerprint density at radius 1 is 1.38 bits per heavy atom. The van der Waals surface area contributed by atoms with Gasteiger partial charge >= 0.3 is 0 Å². The minimum Gasteiger partial charge on any atom is -0.497 e. The van der Waals surface area contributed by atoms with Crippen LogP contribution in [-0.4, -0.2) is 31.9 Å². The number of hydrogen-bond acceptors (Lipinski definition) is 4. The van der Waals surface area contributed by atoms with E-state index in [0.29, 0.717) is 0 Å². The molecule has 0 saturated carbocycles. The van der Waals surface area contributed by atoms with Gasteiger partial charge in [-0.3, -0.25) is 0 Å². The van der Waals surface area contributed by atoms with E-state index < -0.39 is 6.10 Å². The number of hydrogen-bond donors (Lipinski definition) is 3. The van der Waals surface area contributed by atoms with Crippen LogP contribution in [0.4, 0.5) is 0 Å². The average molecular weight is 224 g/mol. The molecule has 4 heteroatoms. The highest BCUT2D eigenvalue weighted by atomic mass is 16.5. The van der Waals surface area contributed by atoms with E-state index in [-0.39, 0.29) is 6.04 Å². The molecule has 0 aliphatic rings. The molecule has 0 aliphatic carbocycles. The Morgan fingerprint density at radius 2 is 2.00 bits per heavy atom. The third-order valence-electron chi connectivity index (χ3n) is 2.59. The molecule has 0 radical (unpaired) electrons. The zero-order chi connectivity index (χ0) is 12.0. The zero-order valence-electron chi connectivity index (χ0n) is 9.81. The normalized spacial score (nSPS) is 14.5. The first-order valence-electron chi connectivity index (χ1n) is 5.41. The monoisotopic (exact) mass is 224 g/mol. The maximum absolute atomic E-state index is 9.99. The molecule has 4 N–H and O–H groups in total. The number of benzene rings is 1. The highest BCUT2D eigenvalue weighted by Gasteiger charge is 2.16. The number of aliphatic hydroxyl groups excluding tert-OH is 1. The molecule has 4 nitrogen and oxygen atoms in total. The predicted octanol–water partition coefficient (Wildman–Crippen LogP) is 0.665.